The highest BCUT2D eigenvalue weighted by molar-refractivity contribution is 5.89. The highest BCUT2D eigenvalue weighted by Gasteiger charge is 2.27. The summed E-state index contributed by atoms with van der Waals surface area (Å²) in [5.74, 6) is -0.222. The second-order valence-electron chi connectivity index (χ2n) is 8.37. The van der Waals surface area contributed by atoms with E-state index in [1.165, 1.54) is 24.8 Å². The second-order valence-corrected chi connectivity index (χ2v) is 8.37. The zero-order valence-electron chi connectivity index (χ0n) is 16.5. The third-order valence-corrected chi connectivity index (χ3v) is 5.14. The molecule has 1 aliphatic rings. The number of nitrogens with zero attached hydrogens (tertiary/aromatic N) is 1. The first-order valence-electron chi connectivity index (χ1n) is 9.25. The number of benzene rings is 1. The Bertz CT molecular complexity index is 540. The minimum Gasteiger partial charge on any atom is -0.458 e. The Morgan fingerprint density at radius 1 is 1.16 bits per heavy atom. The number of hydrogen-bond acceptors (Lipinski definition) is 3. The van der Waals surface area contributed by atoms with E-state index in [9.17, 15) is 4.79 Å². The summed E-state index contributed by atoms with van der Waals surface area (Å²) in [7, 11) is 0. The average molecular weight is 368 g/mol. The Kier molecular flexibility index (Phi) is 7.95. The standard InChI is InChI=1S/C21H33NO2.ClH/c1-15-8-7-9-16(2)22(15)14-17(3)24-20(23)18-10-12-19(13-11-18)21(4,5)6;/h10-13,15-17H,7-9,14H2,1-6H3;1H. The number of likely N-dealkylation sites (tertiary alicyclic amines) is 1. The minimum atomic E-state index is -0.222. The molecule has 3 unspecified atom stereocenters. The highest BCUT2D eigenvalue weighted by Crippen LogP contribution is 2.24. The van der Waals surface area contributed by atoms with E-state index in [-0.39, 0.29) is 29.9 Å². The predicted octanol–water partition coefficient (Wildman–Crippen LogP) is 5.21. The Labute approximate surface area is 159 Å². The van der Waals surface area contributed by atoms with Crippen molar-refractivity contribution in [3.63, 3.8) is 0 Å². The van der Waals surface area contributed by atoms with Crippen LogP contribution in [0.5, 0.6) is 0 Å². The number of rotatable bonds is 4. The lowest BCUT2D eigenvalue weighted by molar-refractivity contribution is 0.00811. The summed E-state index contributed by atoms with van der Waals surface area (Å²) in [6, 6.07) is 8.94. The number of carbonyl (C=O) groups is 1. The van der Waals surface area contributed by atoms with Gasteiger partial charge in [0.2, 0.25) is 0 Å². The first-order chi connectivity index (χ1) is 11.2. The van der Waals surface area contributed by atoms with Crippen molar-refractivity contribution in [3.05, 3.63) is 35.4 Å². The lowest BCUT2D eigenvalue weighted by Gasteiger charge is -2.40. The van der Waals surface area contributed by atoms with E-state index in [0.29, 0.717) is 17.6 Å². The van der Waals surface area contributed by atoms with Gasteiger partial charge in [0.25, 0.3) is 0 Å². The van der Waals surface area contributed by atoms with E-state index in [1.54, 1.807) is 0 Å². The molecule has 0 N–H and O–H groups in total. The third kappa shape index (κ3) is 6.00. The van der Waals surface area contributed by atoms with Gasteiger partial charge < -0.3 is 4.74 Å². The Balaban J connectivity index is 0.00000312. The average Bonchev–Trinajstić information content (AvgIpc) is 2.50. The number of esters is 1. The summed E-state index contributed by atoms with van der Waals surface area (Å²) < 4.78 is 5.68. The van der Waals surface area contributed by atoms with Crippen molar-refractivity contribution in [3.8, 4) is 0 Å². The van der Waals surface area contributed by atoms with E-state index < -0.39 is 0 Å². The van der Waals surface area contributed by atoms with Crippen LogP contribution in [0, 0.1) is 0 Å². The molecule has 1 heterocycles. The quantitative estimate of drug-likeness (QED) is 0.684. The van der Waals surface area contributed by atoms with E-state index in [0.717, 1.165) is 6.54 Å². The van der Waals surface area contributed by atoms with Gasteiger partial charge in [0, 0.05) is 18.6 Å². The molecule has 4 heteroatoms. The van der Waals surface area contributed by atoms with Gasteiger partial charge in [-0.3, -0.25) is 4.90 Å². The molecule has 3 nitrogen and oxygen atoms in total. The molecular formula is C21H34ClNO2. The van der Waals surface area contributed by atoms with Crippen LogP contribution in [0.1, 0.15) is 76.7 Å². The summed E-state index contributed by atoms with van der Waals surface area (Å²) >= 11 is 0. The first kappa shape index (κ1) is 22.0. The van der Waals surface area contributed by atoms with E-state index in [2.05, 4.69) is 39.5 Å². The number of carbonyl (C=O) groups excluding carboxylic acids is 1. The summed E-state index contributed by atoms with van der Waals surface area (Å²) in [6.45, 7) is 13.9. The van der Waals surface area contributed by atoms with Gasteiger partial charge in [0.1, 0.15) is 6.10 Å². The largest absolute Gasteiger partial charge is 0.458 e. The van der Waals surface area contributed by atoms with E-state index in [1.807, 2.05) is 31.2 Å². The van der Waals surface area contributed by atoms with Crippen LogP contribution < -0.4 is 0 Å². The van der Waals surface area contributed by atoms with Gasteiger partial charge in [-0.15, -0.1) is 12.4 Å². The fraction of sp³-hybridized carbons (Fsp3) is 0.667. The predicted molar refractivity (Wildman–Crippen MR) is 107 cm³/mol. The zero-order valence-corrected chi connectivity index (χ0v) is 17.4. The summed E-state index contributed by atoms with van der Waals surface area (Å²) in [5, 5.41) is 0. The maximum absolute atomic E-state index is 12.4. The zero-order chi connectivity index (χ0) is 17.9. The van der Waals surface area contributed by atoms with Crippen molar-refractivity contribution in [2.24, 2.45) is 0 Å². The summed E-state index contributed by atoms with van der Waals surface area (Å²) in [6.07, 6.45) is 3.67. The molecule has 1 saturated heterocycles. The maximum Gasteiger partial charge on any atom is 0.338 e. The van der Waals surface area contributed by atoms with Gasteiger partial charge in [-0.1, -0.05) is 39.3 Å². The van der Waals surface area contributed by atoms with Crippen LogP contribution in [0.4, 0.5) is 0 Å². The Morgan fingerprint density at radius 3 is 2.16 bits per heavy atom. The molecule has 0 aliphatic carbocycles. The summed E-state index contributed by atoms with van der Waals surface area (Å²) in [4.78, 5) is 14.9. The number of piperidine rings is 1. The molecule has 0 spiro atoms. The van der Waals surface area contributed by atoms with Crippen LogP contribution in [-0.4, -0.2) is 35.6 Å². The summed E-state index contributed by atoms with van der Waals surface area (Å²) in [5.41, 5.74) is 1.95. The molecule has 0 bridgehead atoms. The molecule has 0 radical (unpaired) electrons. The molecule has 2 rings (SSSR count). The van der Waals surface area contributed by atoms with E-state index in [4.69, 9.17) is 4.74 Å². The molecule has 0 aromatic heterocycles. The number of hydrogen-bond donors (Lipinski definition) is 0. The van der Waals surface area contributed by atoms with Crippen LogP contribution in [0.2, 0.25) is 0 Å². The molecule has 142 valence electrons. The molecule has 1 aromatic rings. The van der Waals surface area contributed by atoms with Crippen molar-refractivity contribution in [2.45, 2.75) is 84.4 Å². The molecule has 0 saturated carbocycles. The lowest BCUT2D eigenvalue weighted by atomic mass is 9.87. The normalized spacial score (nSPS) is 22.8. The van der Waals surface area contributed by atoms with Gasteiger partial charge >= 0.3 is 5.97 Å². The first-order valence-corrected chi connectivity index (χ1v) is 9.25. The van der Waals surface area contributed by atoms with E-state index >= 15 is 0 Å². The van der Waals surface area contributed by atoms with Crippen LogP contribution in [0.25, 0.3) is 0 Å². The Morgan fingerprint density at radius 2 is 1.68 bits per heavy atom. The smallest absolute Gasteiger partial charge is 0.338 e. The minimum absolute atomic E-state index is 0. The monoisotopic (exact) mass is 367 g/mol. The number of halogens is 1. The fourth-order valence-electron chi connectivity index (χ4n) is 3.53. The maximum atomic E-state index is 12.4. The van der Waals surface area contributed by atoms with Gasteiger partial charge in [-0.2, -0.15) is 0 Å². The molecule has 1 aromatic carbocycles. The lowest BCUT2D eigenvalue weighted by Crippen LogP contribution is -2.47. The van der Waals surface area contributed by atoms with Crippen LogP contribution in [-0.2, 0) is 10.2 Å². The van der Waals surface area contributed by atoms with Crippen LogP contribution >= 0.6 is 12.4 Å². The molecular weight excluding hydrogens is 334 g/mol. The van der Waals surface area contributed by atoms with Crippen molar-refractivity contribution >= 4 is 18.4 Å². The SMILES string of the molecule is CC(CN1C(C)CCCC1C)OC(=O)c1ccc(C(C)(C)C)cc1.Cl. The third-order valence-electron chi connectivity index (χ3n) is 5.14. The molecule has 25 heavy (non-hydrogen) atoms. The van der Waals surface area contributed by atoms with Gasteiger partial charge in [0.05, 0.1) is 5.56 Å². The highest BCUT2D eigenvalue weighted by atomic mass is 35.5. The van der Waals surface area contributed by atoms with Gasteiger partial charge in [0.15, 0.2) is 0 Å². The van der Waals surface area contributed by atoms with Crippen molar-refractivity contribution in [2.75, 3.05) is 6.54 Å². The van der Waals surface area contributed by atoms with Crippen LogP contribution in [0.15, 0.2) is 24.3 Å². The molecule has 0 amide bonds. The van der Waals surface area contributed by atoms with Crippen molar-refractivity contribution < 1.29 is 9.53 Å². The van der Waals surface area contributed by atoms with Crippen molar-refractivity contribution in [1.29, 1.82) is 0 Å². The fourth-order valence-corrected chi connectivity index (χ4v) is 3.53. The molecule has 1 aliphatic heterocycles. The Hall–Kier alpha value is -1.06. The van der Waals surface area contributed by atoms with Crippen molar-refractivity contribution in [1.82, 2.24) is 4.90 Å². The second kappa shape index (κ2) is 9.05. The van der Waals surface area contributed by atoms with Gasteiger partial charge in [-0.25, -0.2) is 4.79 Å². The van der Waals surface area contributed by atoms with Crippen LogP contribution in [0.3, 0.4) is 0 Å². The van der Waals surface area contributed by atoms with Gasteiger partial charge in [-0.05, 0) is 56.7 Å². The molecule has 3 atom stereocenters. The number of ether oxygens (including phenoxy) is 1. The molecule has 1 fully saturated rings. The topological polar surface area (TPSA) is 29.5 Å².